The smallest absolute Gasteiger partial charge is 0.339 e. The molecule has 1 amide bonds. The monoisotopic (exact) mass is 489 g/mol. The van der Waals surface area contributed by atoms with Crippen molar-refractivity contribution >= 4 is 16.0 Å². The summed E-state index contributed by atoms with van der Waals surface area (Å²) < 4.78 is 54.8. The standard InChI is InChI=1S/C25H28FNO6S/c1-25(2,3)15-24(28)27(17-20-9-6-12-32-20)16-18-7-5-8-19(13-18)33-34(29,30)21-10-11-23(31-4)22(26)14-21/h5-14H,15-17H2,1-4H3. The van der Waals surface area contributed by atoms with E-state index in [4.69, 9.17) is 13.3 Å². The fourth-order valence-electron chi connectivity index (χ4n) is 3.28. The minimum atomic E-state index is -4.28. The quantitative estimate of drug-likeness (QED) is 0.386. The van der Waals surface area contributed by atoms with Crippen LogP contribution in [0.25, 0.3) is 0 Å². The van der Waals surface area contributed by atoms with Gasteiger partial charge in [0.2, 0.25) is 5.91 Å². The molecule has 7 nitrogen and oxygen atoms in total. The number of furan rings is 1. The molecule has 3 aromatic rings. The zero-order valence-corrected chi connectivity index (χ0v) is 20.4. The van der Waals surface area contributed by atoms with E-state index in [9.17, 15) is 17.6 Å². The Labute approximate surface area is 199 Å². The zero-order valence-electron chi connectivity index (χ0n) is 19.6. The highest BCUT2D eigenvalue weighted by Crippen LogP contribution is 2.26. The number of carbonyl (C=O) groups excluding carboxylic acids is 1. The lowest BCUT2D eigenvalue weighted by molar-refractivity contribution is -0.134. The summed E-state index contributed by atoms with van der Waals surface area (Å²) in [6.07, 6.45) is 1.88. The van der Waals surface area contributed by atoms with E-state index in [0.717, 1.165) is 6.07 Å². The van der Waals surface area contributed by atoms with Gasteiger partial charge in [0.1, 0.15) is 16.4 Å². The molecule has 0 fully saturated rings. The summed E-state index contributed by atoms with van der Waals surface area (Å²) in [6, 6.07) is 13.2. The summed E-state index contributed by atoms with van der Waals surface area (Å²) in [5.41, 5.74) is 0.466. The summed E-state index contributed by atoms with van der Waals surface area (Å²) in [5.74, 6) is -0.255. The van der Waals surface area contributed by atoms with Gasteiger partial charge < -0.3 is 18.2 Å². The molecule has 0 aliphatic carbocycles. The summed E-state index contributed by atoms with van der Waals surface area (Å²) in [4.78, 5) is 14.3. The normalized spacial score (nSPS) is 11.8. The highest BCUT2D eigenvalue weighted by Gasteiger charge is 2.23. The molecule has 1 heterocycles. The number of nitrogens with zero attached hydrogens (tertiary/aromatic N) is 1. The maximum Gasteiger partial charge on any atom is 0.339 e. The summed E-state index contributed by atoms with van der Waals surface area (Å²) in [5, 5.41) is 0. The average Bonchev–Trinajstić information content (AvgIpc) is 3.25. The third kappa shape index (κ3) is 6.84. The molecule has 0 N–H and O–H groups in total. The lowest BCUT2D eigenvalue weighted by atomic mass is 9.91. The van der Waals surface area contributed by atoms with Crippen LogP contribution in [0, 0.1) is 11.2 Å². The lowest BCUT2D eigenvalue weighted by Crippen LogP contribution is -2.32. The van der Waals surface area contributed by atoms with E-state index in [1.165, 1.54) is 31.4 Å². The number of carbonyl (C=O) groups is 1. The molecule has 0 radical (unpaired) electrons. The van der Waals surface area contributed by atoms with Crippen LogP contribution in [-0.4, -0.2) is 26.3 Å². The van der Waals surface area contributed by atoms with Gasteiger partial charge >= 0.3 is 10.1 Å². The number of ether oxygens (including phenoxy) is 1. The van der Waals surface area contributed by atoms with Crippen LogP contribution in [0.2, 0.25) is 0 Å². The first-order chi connectivity index (χ1) is 16.0. The second-order valence-corrected chi connectivity index (χ2v) is 10.6. The van der Waals surface area contributed by atoms with Crippen LogP contribution in [0.1, 0.15) is 38.5 Å². The third-order valence-corrected chi connectivity index (χ3v) is 6.09. The molecule has 182 valence electrons. The molecule has 0 aliphatic rings. The number of halogens is 1. The first-order valence-electron chi connectivity index (χ1n) is 10.6. The van der Waals surface area contributed by atoms with Crippen molar-refractivity contribution in [1.29, 1.82) is 0 Å². The topological polar surface area (TPSA) is 86.1 Å². The first-order valence-corrected chi connectivity index (χ1v) is 12.0. The van der Waals surface area contributed by atoms with E-state index >= 15 is 0 Å². The van der Waals surface area contributed by atoms with E-state index in [2.05, 4.69) is 0 Å². The van der Waals surface area contributed by atoms with Gasteiger partial charge in [-0.25, -0.2) is 4.39 Å². The Kier molecular flexibility index (Phi) is 7.66. The summed E-state index contributed by atoms with van der Waals surface area (Å²) in [6.45, 7) is 6.45. The van der Waals surface area contributed by atoms with Crippen LogP contribution in [0.3, 0.4) is 0 Å². The van der Waals surface area contributed by atoms with Gasteiger partial charge in [0, 0.05) is 13.0 Å². The molecule has 1 aromatic heterocycles. The van der Waals surface area contributed by atoms with Crippen molar-refractivity contribution in [2.24, 2.45) is 5.41 Å². The maximum atomic E-state index is 14.0. The van der Waals surface area contributed by atoms with Crippen LogP contribution < -0.4 is 8.92 Å². The second-order valence-electron chi connectivity index (χ2n) is 9.05. The summed E-state index contributed by atoms with van der Waals surface area (Å²) in [7, 11) is -2.99. The van der Waals surface area contributed by atoms with Gasteiger partial charge in [0.15, 0.2) is 11.6 Å². The molecule has 0 bridgehead atoms. The highest BCUT2D eigenvalue weighted by molar-refractivity contribution is 7.87. The van der Waals surface area contributed by atoms with Crippen molar-refractivity contribution in [2.75, 3.05) is 7.11 Å². The summed E-state index contributed by atoms with van der Waals surface area (Å²) >= 11 is 0. The van der Waals surface area contributed by atoms with Crippen LogP contribution in [0.15, 0.2) is 70.2 Å². The molecular formula is C25H28FNO6S. The fourth-order valence-corrected chi connectivity index (χ4v) is 4.22. The molecule has 0 saturated carbocycles. The molecule has 2 aromatic carbocycles. The Morgan fingerprint density at radius 2 is 1.82 bits per heavy atom. The first kappa shape index (κ1) is 25.3. The van der Waals surface area contributed by atoms with Crippen molar-refractivity contribution in [3.05, 3.63) is 78.0 Å². The van der Waals surface area contributed by atoms with E-state index in [1.807, 2.05) is 20.8 Å². The van der Waals surface area contributed by atoms with Crippen molar-refractivity contribution in [3.8, 4) is 11.5 Å². The number of methoxy groups -OCH3 is 1. The Hall–Kier alpha value is -3.33. The van der Waals surface area contributed by atoms with Gasteiger partial charge in [-0.1, -0.05) is 32.9 Å². The number of hydrogen-bond acceptors (Lipinski definition) is 6. The number of rotatable bonds is 9. The molecule has 0 aliphatic heterocycles. The molecule has 3 rings (SSSR count). The zero-order chi connectivity index (χ0) is 24.9. The van der Waals surface area contributed by atoms with E-state index in [1.54, 1.807) is 35.4 Å². The van der Waals surface area contributed by atoms with Crippen LogP contribution in [0.4, 0.5) is 4.39 Å². The van der Waals surface area contributed by atoms with E-state index in [0.29, 0.717) is 17.7 Å². The van der Waals surface area contributed by atoms with Gasteiger partial charge in [0.25, 0.3) is 0 Å². The SMILES string of the molecule is COc1ccc(S(=O)(=O)Oc2cccc(CN(Cc3ccco3)C(=O)CC(C)(C)C)c2)cc1F. The number of amides is 1. The van der Waals surface area contributed by atoms with Crippen LogP contribution in [0.5, 0.6) is 11.5 Å². The Bertz CT molecular complexity index is 1230. The molecule has 0 spiro atoms. The molecule has 0 atom stereocenters. The number of hydrogen-bond donors (Lipinski definition) is 0. The molecule has 0 unspecified atom stereocenters. The van der Waals surface area contributed by atoms with Crippen LogP contribution >= 0.6 is 0 Å². The largest absolute Gasteiger partial charge is 0.494 e. The highest BCUT2D eigenvalue weighted by atomic mass is 32.2. The minimum absolute atomic E-state index is 0.0509. The third-order valence-electron chi connectivity index (χ3n) is 4.85. The van der Waals surface area contributed by atoms with Crippen molar-refractivity contribution in [2.45, 2.75) is 45.2 Å². The van der Waals surface area contributed by atoms with Gasteiger partial charge in [0.05, 0.1) is 19.9 Å². The predicted octanol–water partition coefficient (Wildman–Crippen LogP) is 5.16. The molecule has 34 heavy (non-hydrogen) atoms. The van der Waals surface area contributed by atoms with Gasteiger partial charge in [-0.2, -0.15) is 8.42 Å². The lowest BCUT2D eigenvalue weighted by Gasteiger charge is -2.26. The predicted molar refractivity (Wildman–Crippen MR) is 124 cm³/mol. The Balaban J connectivity index is 1.80. The maximum absolute atomic E-state index is 14.0. The minimum Gasteiger partial charge on any atom is -0.494 e. The van der Waals surface area contributed by atoms with Gasteiger partial charge in [-0.15, -0.1) is 0 Å². The van der Waals surface area contributed by atoms with Crippen molar-refractivity contribution in [1.82, 2.24) is 4.90 Å². The van der Waals surface area contributed by atoms with Crippen molar-refractivity contribution in [3.63, 3.8) is 0 Å². The fraction of sp³-hybridized carbons (Fsp3) is 0.320. The second kappa shape index (κ2) is 10.3. The molecule has 9 heteroatoms. The Morgan fingerprint density at radius 3 is 2.44 bits per heavy atom. The van der Waals surface area contributed by atoms with E-state index in [-0.39, 0.29) is 40.8 Å². The molecular weight excluding hydrogens is 461 g/mol. The molecule has 0 saturated heterocycles. The van der Waals surface area contributed by atoms with E-state index < -0.39 is 15.9 Å². The van der Waals surface area contributed by atoms with Gasteiger partial charge in [-0.05, 0) is 53.4 Å². The Morgan fingerprint density at radius 1 is 1.06 bits per heavy atom. The average molecular weight is 490 g/mol. The van der Waals surface area contributed by atoms with Crippen molar-refractivity contribution < 1.29 is 30.9 Å². The van der Waals surface area contributed by atoms with Crippen LogP contribution in [-0.2, 0) is 28.0 Å². The number of benzene rings is 2. The van der Waals surface area contributed by atoms with Gasteiger partial charge in [-0.3, -0.25) is 4.79 Å².